The van der Waals surface area contributed by atoms with Crippen molar-refractivity contribution >= 4 is 5.91 Å². The zero-order valence-corrected chi connectivity index (χ0v) is 10.0. The SMILES string of the molecule is CCC(=O)NC(OC(CO)C(C)O)C(O)CO. The molecule has 0 radical (unpaired) electrons. The second kappa shape index (κ2) is 8.37. The van der Waals surface area contributed by atoms with Gasteiger partial charge >= 0.3 is 0 Å². The van der Waals surface area contributed by atoms with Gasteiger partial charge in [0, 0.05) is 6.42 Å². The van der Waals surface area contributed by atoms with E-state index in [1.165, 1.54) is 6.92 Å². The molecule has 0 saturated carbocycles. The lowest BCUT2D eigenvalue weighted by atomic mass is 10.2. The summed E-state index contributed by atoms with van der Waals surface area (Å²) in [6.45, 7) is 1.96. The number of carbonyl (C=O) groups excluding carboxylic acids is 1. The van der Waals surface area contributed by atoms with Gasteiger partial charge in [0.25, 0.3) is 0 Å². The highest BCUT2D eigenvalue weighted by molar-refractivity contribution is 5.75. The molecule has 0 fully saturated rings. The summed E-state index contributed by atoms with van der Waals surface area (Å²) in [5.74, 6) is -0.371. The van der Waals surface area contributed by atoms with E-state index in [-0.39, 0.29) is 12.3 Å². The molecule has 0 saturated heterocycles. The molecular formula is C10H21NO6. The standard InChI is InChI=1S/C10H21NO6/c1-3-9(16)11-10(7(15)4-12)17-8(5-13)6(2)14/h6-8,10,12-15H,3-5H2,1-2H3,(H,11,16). The van der Waals surface area contributed by atoms with Gasteiger partial charge in [0.1, 0.15) is 12.2 Å². The Morgan fingerprint density at radius 1 is 1.29 bits per heavy atom. The Bertz CT molecular complexity index is 223. The number of hydrogen-bond acceptors (Lipinski definition) is 6. The minimum atomic E-state index is -1.32. The third-order valence-corrected chi connectivity index (χ3v) is 2.20. The van der Waals surface area contributed by atoms with Crippen molar-refractivity contribution in [1.29, 1.82) is 0 Å². The monoisotopic (exact) mass is 251 g/mol. The van der Waals surface area contributed by atoms with Crippen LogP contribution < -0.4 is 5.32 Å². The van der Waals surface area contributed by atoms with Gasteiger partial charge in [-0.3, -0.25) is 4.79 Å². The van der Waals surface area contributed by atoms with Crippen LogP contribution in [0.5, 0.6) is 0 Å². The molecule has 0 aromatic heterocycles. The maximum absolute atomic E-state index is 11.2. The smallest absolute Gasteiger partial charge is 0.221 e. The molecular weight excluding hydrogens is 230 g/mol. The van der Waals surface area contributed by atoms with Crippen LogP contribution in [0.25, 0.3) is 0 Å². The normalized spacial score (nSPS) is 18.2. The van der Waals surface area contributed by atoms with Crippen molar-refractivity contribution in [3.63, 3.8) is 0 Å². The average molecular weight is 251 g/mol. The molecule has 7 nitrogen and oxygen atoms in total. The van der Waals surface area contributed by atoms with Gasteiger partial charge in [0.2, 0.25) is 5.91 Å². The molecule has 4 atom stereocenters. The number of rotatable bonds is 8. The Hall–Kier alpha value is -0.730. The zero-order valence-electron chi connectivity index (χ0n) is 10.0. The highest BCUT2D eigenvalue weighted by Gasteiger charge is 2.26. The minimum Gasteiger partial charge on any atom is -0.394 e. The molecule has 102 valence electrons. The van der Waals surface area contributed by atoms with Gasteiger partial charge in [-0.25, -0.2) is 0 Å². The van der Waals surface area contributed by atoms with Crippen LogP contribution in [0.4, 0.5) is 0 Å². The van der Waals surface area contributed by atoms with Gasteiger partial charge in [0.15, 0.2) is 6.23 Å². The van der Waals surface area contributed by atoms with Crippen LogP contribution in [-0.2, 0) is 9.53 Å². The van der Waals surface area contributed by atoms with E-state index in [4.69, 9.17) is 14.9 Å². The maximum Gasteiger partial charge on any atom is 0.221 e. The second-order valence-electron chi connectivity index (χ2n) is 3.69. The lowest BCUT2D eigenvalue weighted by Crippen LogP contribution is -2.50. The maximum atomic E-state index is 11.2. The Kier molecular flexibility index (Phi) is 8.01. The molecule has 0 aliphatic heterocycles. The third-order valence-electron chi connectivity index (χ3n) is 2.20. The van der Waals surface area contributed by atoms with Crippen molar-refractivity contribution < 1.29 is 30.0 Å². The van der Waals surface area contributed by atoms with Gasteiger partial charge < -0.3 is 30.5 Å². The van der Waals surface area contributed by atoms with E-state index < -0.39 is 37.8 Å². The molecule has 0 rings (SSSR count). The Balaban J connectivity index is 4.51. The molecule has 0 aliphatic carbocycles. The predicted octanol–water partition coefficient (Wildman–Crippen LogP) is -2.05. The number of carbonyl (C=O) groups is 1. The summed E-state index contributed by atoms with van der Waals surface area (Å²) in [5, 5.41) is 38.8. The molecule has 4 unspecified atom stereocenters. The number of aliphatic hydroxyl groups is 4. The fourth-order valence-corrected chi connectivity index (χ4v) is 1.07. The number of amides is 1. The van der Waals surface area contributed by atoms with Crippen LogP contribution in [0.1, 0.15) is 20.3 Å². The van der Waals surface area contributed by atoms with Crippen LogP contribution in [-0.4, -0.2) is 64.1 Å². The molecule has 0 bridgehead atoms. The van der Waals surface area contributed by atoms with Crippen molar-refractivity contribution in [3.8, 4) is 0 Å². The third kappa shape index (κ3) is 5.94. The summed E-state index contributed by atoms with van der Waals surface area (Å²) in [4.78, 5) is 11.2. The fraction of sp³-hybridized carbons (Fsp3) is 0.900. The lowest BCUT2D eigenvalue weighted by Gasteiger charge is -2.28. The van der Waals surface area contributed by atoms with Crippen LogP contribution >= 0.6 is 0 Å². The van der Waals surface area contributed by atoms with E-state index in [0.29, 0.717) is 0 Å². The van der Waals surface area contributed by atoms with E-state index in [2.05, 4.69) is 5.32 Å². The minimum absolute atomic E-state index is 0.191. The Morgan fingerprint density at radius 3 is 2.24 bits per heavy atom. The summed E-state index contributed by atoms with van der Waals surface area (Å²) >= 11 is 0. The molecule has 0 heterocycles. The molecule has 5 N–H and O–H groups in total. The first-order chi connectivity index (χ1) is 7.96. The van der Waals surface area contributed by atoms with Crippen molar-refractivity contribution in [2.24, 2.45) is 0 Å². The first-order valence-electron chi connectivity index (χ1n) is 5.48. The van der Waals surface area contributed by atoms with Gasteiger partial charge in [-0.1, -0.05) is 6.92 Å². The van der Waals surface area contributed by atoms with Crippen LogP contribution in [0, 0.1) is 0 Å². The van der Waals surface area contributed by atoms with Gasteiger partial charge in [-0.15, -0.1) is 0 Å². The fourth-order valence-electron chi connectivity index (χ4n) is 1.07. The number of ether oxygens (including phenoxy) is 1. The second-order valence-corrected chi connectivity index (χ2v) is 3.69. The van der Waals surface area contributed by atoms with Crippen molar-refractivity contribution in [3.05, 3.63) is 0 Å². The van der Waals surface area contributed by atoms with E-state index in [0.717, 1.165) is 0 Å². The van der Waals surface area contributed by atoms with Crippen molar-refractivity contribution in [1.82, 2.24) is 5.32 Å². The van der Waals surface area contributed by atoms with Crippen LogP contribution in [0.2, 0.25) is 0 Å². The molecule has 0 spiro atoms. The number of nitrogens with one attached hydrogen (secondary N) is 1. The summed E-state index contributed by atoms with van der Waals surface area (Å²) in [6.07, 6.45) is -4.21. The zero-order chi connectivity index (χ0) is 13.4. The van der Waals surface area contributed by atoms with Crippen molar-refractivity contribution in [2.75, 3.05) is 13.2 Å². The van der Waals surface area contributed by atoms with Gasteiger partial charge in [0.05, 0.1) is 19.3 Å². The first-order valence-corrected chi connectivity index (χ1v) is 5.48. The summed E-state index contributed by atoms with van der Waals surface area (Å²) in [7, 11) is 0. The molecule has 1 amide bonds. The largest absolute Gasteiger partial charge is 0.394 e. The highest BCUT2D eigenvalue weighted by atomic mass is 16.5. The van der Waals surface area contributed by atoms with Gasteiger partial charge in [-0.2, -0.15) is 0 Å². The van der Waals surface area contributed by atoms with E-state index >= 15 is 0 Å². The summed E-state index contributed by atoms with van der Waals surface area (Å²) in [6, 6.07) is 0. The first kappa shape index (κ1) is 16.3. The quantitative estimate of drug-likeness (QED) is 0.317. The molecule has 0 aromatic carbocycles. The Morgan fingerprint density at radius 2 is 1.88 bits per heavy atom. The predicted molar refractivity (Wildman–Crippen MR) is 59.0 cm³/mol. The average Bonchev–Trinajstić information content (AvgIpc) is 2.32. The van der Waals surface area contributed by atoms with Crippen LogP contribution in [0.3, 0.4) is 0 Å². The molecule has 0 aliphatic rings. The molecule has 7 heteroatoms. The number of hydrogen-bond donors (Lipinski definition) is 5. The van der Waals surface area contributed by atoms with E-state index in [9.17, 15) is 15.0 Å². The van der Waals surface area contributed by atoms with Crippen molar-refractivity contribution in [2.45, 2.75) is 44.8 Å². The summed E-state index contributed by atoms with van der Waals surface area (Å²) in [5.41, 5.74) is 0. The summed E-state index contributed by atoms with van der Waals surface area (Å²) < 4.78 is 5.14. The molecule has 0 aromatic rings. The van der Waals surface area contributed by atoms with E-state index in [1.807, 2.05) is 0 Å². The topological polar surface area (TPSA) is 119 Å². The van der Waals surface area contributed by atoms with Crippen LogP contribution in [0.15, 0.2) is 0 Å². The highest BCUT2D eigenvalue weighted by Crippen LogP contribution is 2.05. The lowest BCUT2D eigenvalue weighted by molar-refractivity contribution is -0.156. The van der Waals surface area contributed by atoms with Gasteiger partial charge in [-0.05, 0) is 6.92 Å². The van der Waals surface area contributed by atoms with E-state index in [1.54, 1.807) is 6.92 Å². The molecule has 17 heavy (non-hydrogen) atoms. The number of aliphatic hydroxyl groups excluding tert-OH is 4. The Labute approximate surface area is 100 Å².